The molecule has 1 aromatic carbocycles. The third-order valence-electron chi connectivity index (χ3n) is 7.19. The first-order valence-electron chi connectivity index (χ1n) is 12.6. The van der Waals surface area contributed by atoms with Crippen molar-refractivity contribution in [1.29, 1.82) is 0 Å². The van der Waals surface area contributed by atoms with E-state index >= 15 is 0 Å². The monoisotopic (exact) mass is 505 g/mol. The van der Waals surface area contributed by atoms with Crippen molar-refractivity contribution in [2.45, 2.75) is 70.8 Å². The lowest BCUT2D eigenvalue weighted by Crippen LogP contribution is -2.73. The molecule has 0 bridgehead atoms. The minimum atomic E-state index is -4.47. The number of carbonyl (C=O) groups is 2. The molecule has 0 saturated carbocycles. The molecule has 1 spiro atoms. The van der Waals surface area contributed by atoms with Gasteiger partial charge in [0.15, 0.2) is 0 Å². The summed E-state index contributed by atoms with van der Waals surface area (Å²) in [5, 5.41) is 2.99. The first kappa shape index (κ1) is 26.3. The Labute approximate surface area is 209 Å². The highest BCUT2D eigenvalue weighted by atomic mass is 19.4. The van der Waals surface area contributed by atoms with Crippen LogP contribution in [0.5, 0.6) is 0 Å². The maximum absolute atomic E-state index is 13.4. The summed E-state index contributed by atoms with van der Waals surface area (Å²) in [4.78, 5) is 30.5. The second-order valence-electron chi connectivity index (χ2n) is 10.3. The first-order valence-corrected chi connectivity index (χ1v) is 12.6. The molecule has 2 aromatic rings. The largest absolute Gasteiger partial charge is 0.460 e. The van der Waals surface area contributed by atoms with E-state index in [9.17, 15) is 22.8 Å². The number of rotatable bonds is 7. The lowest BCUT2D eigenvalue weighted by atomic mass is 9.81. The number of nitrogens with one attached hydrogen (secondary N) is 1. The van der Waals surface area contributed by atoms with Gasteiger partial charge in [0.05, 0.1) is 12.1 Å². The molecule has 2 saturated heterocycles. The molecule has 196 valence electrons. The lowest BCUT2D eigenvalue weighted by molar-refractivity contribution is -0.161. The summed E-state index contributed by atoms with van der Waals surface area (Å²) in [6.07, 6.45) is -2.08. The van der Waals surface area contributed by atoms with E-state index in [4.69, 9.17) is 4.42 Å². The SMILES string of the molecule is CCCN1C(=O)C(CC(C)C)NC(=O)C12CCN(Cc1ccc(-c3ccccc3C(F)(F)F)o1)CC2. The summed E-state index contributed by atoms with van der Waals surface area (Å²) in [5.41, 5.74) is -1.57. The van der Waals surface area contributed by atoms with Crippen molar-refractivity contribution in [2.24, 2.45) is 5.92 Å². The fourth-order valence-electron chi connectivity index (χ4n) is 5.41. The molecule has 0 radical (unpaired) electrons. The van der Waals surface area contributed by atoms with Gasteiger partial charge in [0.2, 0.25) is 11.8 Å². The molecule has 2 fully saturated rings. The molecular weight excluding hydrogens is 471 g/mol. The van der Waals surface area contributed by atoms with E-state index < -0.39 is 23.3 Å². The number of alkyl halides is 3. The van der Waals surface area contributed by atoms with Crippen LogP contribution in [0.4, 0.5) is 13.2 Å². The van der Waals surface area contributed by atoms with Gasteiger partial charge < -0.3 is 14.6 Å². The Morgan fingerprint density at radius 3 is 2.44 bits per heavy atom. The molecule has 4 rings (SSSR count). The minimum absolute atomic E-state index is 0.00222. The zero-order valence-corrected chi connectivity index (χ0v) is 21.0. The predicted molar refractivity (Wildman–Crippen MR) is 130 cm³/mol. The minimum Gasteiger partial charge on any atom is -0.460 e. The Kier molecular flexibility index (Phi) is 7.50. The number of carbonyl (C=O) groups excluding carboxylic acids is 2. The highest BCUT2D eigenvalue weighted by Crippen LogP contribution is 2.38. The fourth-order valence-corrected chi connectivity index (χ4v) is 5.41. The molecule has 2 aliphatic rings. The van der Waals surface area contributed by atoms with Gasteiger partial charge in [0, 0.05) is 25.2 Å². The third kappa shape index (κ3) is 5.16. The van der Waals surface area contributed by atoms with Crippen LogP contribution in [0.3, 0.4) is 0 Å². The van der Waals surface area contributed by atoms with Gasteiger partial charge in [-0.1, -0.05) is 39.0 Å². The molecule has 3 heterocycles. The molecule has 2 aliphatic heterocycles. The molecule has 1 aromatic heterocycles. The van der Waals surface area contributed by atoms with Crippen molar-refractivity contribution in [2.75, 3.05) is 19.6 Å². The zero-order chi connectivity index (χ0) is 26.1. The average Bonchev–Trinajstić information content (AvgIpc) is 3.29. The predicted octanol–water partition coefficient (Wildman–Crippen LogP) is 5.08. The van der Waals surface area contributed by atoms with Crippen molar-refractivity contribution < 1.29 is 27.2 Å². The molecule has 0 aliphatic carbocycles. The lowest BCUT2D eigenvalue weighted by Gasteiger charge is -2.51. The van der Waals surface area contributed by atoms with Crippen LogP contribution >= 0.6 is 0 Å². The van der Waals surface area contributed by atoms with E-state index in [0.29, 0.717) is 57.1 Å². The zero-order valence-electron chi connectivity index (χ0n) is 21.0. The Hall–Kier alpha value is -2.81. The second kappa shape index (κ2) is 10.3. The van der Waals surface area contributed by atoms with Gasteiger partial charge in [-0.05, 0) is 49.8 Å². The summed E-state index contributed by atoms with van der Waals surface area (Å²) in [6.45, 7) is 8.19. The van der Waals surface area contributed by atoms with Gasteiger partial charge in [-0.2, -0.15) is 13.2 Å². The van der Waals surface area contributed by atoms with Crippen LogP contribution in [0.15, 0.2) is 40.8 Å². The van der Waals surface area contributed by atoms with Crippen molar-refractivity contribution >= 4 is 11.8 Å². The van der Waals surface area contributed by atoms with Gasteiger partial charge in [-0.15, -0.1) is 0 Å². The Morgan fingerprint density at radius 2 is 1.81 bits per heavy atom. The van der Waals surface area contributed by atoms with E-state index in [-0.39, 0.29) is 23.1 Å². The second-order valence-corrected chi connectivity index (χ2v) is 10.3. The number of benzene rings is 1. The quantitative estimate of drug-likeness (QED) is 0.570. The van der Waals surface area contributed by atoms with Crippen LogP contribution in [0, 0.1) is 5.92 Å². The van der Waals surface area contributed by atoms with Crippen molar-refractivity contribution in [3.05, 3.63) is 47.7 Å². The number of halogens is 3. The van der Waals surface area contributed by atoms with E-state index in [1.54, 1.807) is 23.1 Å². The van der Waals surface area contributed by atoms with E-state index in [2.05, 4.69) is 10.2 Å². The van der Waals surface area contributed by atoms with Crippen LogP contribution in [-0.2, 0) is 22.3 Å². The van der Waals surface area contributed by atoms with Crippen LogP contribution in [0.25, 0.3) is 11.3 Å². The maximum atomic E-state index is 13.4. The van der Waals surface area contributed by atoms with Crippen molar-refractivity contribution in [3.8, 4) is 11.3 Å². The number of hydrogen-bond donors (Lipinski definition) is 1. The van der Waals surface area contributed by atoms with Crippen LogP contribution < -0.4 is 5.32 Å². The van der Waals surface area contributed by atoms with Crippen LogP contribution in [0.1, 0.15) is 57.8 Å². The maximum Gasteiger partial charge on any atom is 0.417 e. The average molecular weight is 506 g/mol. The highest BCUT2D eigenvalue weighted by molar-refractivity contribution is 6.00. The standard InChI is InChI=1S/C27H34F3N3O3/c1-4-13-33-24(34)22(16-18(2)3)31-25(35)26(33)11-14-32(15-12-26)17-19-9-10-23(36-19)20-7-5-6-8-21(20)27(28,29)30/h5-10,18,22H,4,11-17H2,1-3H3,(H,31,35). The normalized spacial score (nSPS) is 20.9. The Morgan fingerprint density at radius 1 is 1.11 bits per heavy atom. The number of furan rings is 1. The van der Waals surface area contributed by atoms with E-state index in [1.165, 1.54) is 12.1 Å². The number of hydrogen-bond acceptors (Lipinski definition) is 4. The summed E-state index contributed by atoms with van der Waals surface area (Å²) >= 11 is 0. The molecule has 6 nitrogen and oxygen atoms in total. The Bertz CT molecular complexity index is 1090. The first-order chi connectivity index (χ1) is 17.0. The van der Waals surface area contributed by atoms with Gasteiger partial charge in [-0.3, -0.25) is 14.5 Å². The summed E-state index contributed by atoms with van der Waals surface area (Å²) in [6, 6.07) is 8.16. The number of amides is 2. The van der Waals surface area contributed by atoms with Gasteiger partial charge in [-0.25, -0.2) is 0 Å². The number of piperidine rings is 1. The fraction of sp³-hybridized carbons (Fsp3) is 0.556. The van der Waals surface area contributed by atoms with Crippen molar-refractivity contribution in [3.63, 3.8) is 0 Å². The van der Waals surface area contributed by atoms with Gasteiger partial charge in [0.1, 0.15) is 23.1 Å². The van der Waals surface area contributed by atoms with Crippen LogP contribution in [0.2, 0.25) is 0 Å². The van der Waals surface area contributed by atoms with Gasteiger partial charge in [0.25, 0.3) is 0 Å². The van der Waals surface area contributed by atoms with Crippen molar-refractivity contribution in [1.82, 2.24) is 15.1 Å². The van der Waals surface area contributed by atoms with E-state index in [1.807, 2.05) is 20.8 Å². The molecule has 9 heteroatoms. The number of piperazine rings is 1. The highest BCUT2D eigenvalue weighted by Gasteiger charge is 2.53. The molecule has 36 heavy (non-hydrogen) atoms. The number of nitrogens with zero attached hydrogens (tertiary/aromatic N) is 2. The molecular formula is C27H34F3N3O3. The molecule has 1 atom stereocenters. The summed E-state index contributed by atoms with van der Waals surface area (Å²) in [7, 11) is 0. The Balaban J connectivity index is 1.45. The summed E-state index contributed by atoms with van der Waals surface area (Å²) < 4.78 is 46.0. The van der Waals surface area contributed by atoms with E-state index in [0.717, 1.165) is 12.5 Å². The van der Waals surface area contributed by atoms with Gasteiger partial charge >= 0.3 is 6.18 Å². The molecule has 1 unspecified atom stereocenters. The third-order valence-corrected chi connectivity index (χ3v) is 7.19. The molecule has 2 amide bonds. The summed E-state index contributed by atoms with van der Waals surface area (Å²) in [5.74, 6) is 0.945. The smallest absolute Gasteiger partial charge is 0.417 e. The number of likely N-dealkylation sites (tertiary alicyclic amines) is 1. The molecule has 1 N–H and O–H groups in total. The topological polar surface area (TPSA) is 65.8 Å². The van der Waals surface area contributed by atoms with Crippen LogP contribution in [-0.4, -0.2) is 52.8 Å².